The Bertz CT molecular complexity index is 599. The van der Waals surface area contributed by atoms with Gasteiger partial charge in [0, 0.05) is 18.8 Å². The number of nitrogens with one attached hydrogen (secondary N) is 2. The maximum atomic E-state index is 12.3. The fourth-order valence-electron chi connectivity index (χ4n) is 1.81. The Morgan fingerprint density at radius 2 is 2.10 bits per heavy atom. The molecule has 6 heteroatoms. The lowest BCUT2D eigenvalue weighted by molar-refractivity contribution is 0.102. The fraction of sp³-hybridized carbons (Fsp3) is 0.267. The molecule has 0 spiro atoms. The number of nitrogens with zero attached hydrogens (tertiary/aromatic N) is 2. The molecule has 110 valence electrons. The minimum Gasteiger partial charge on any atom is -0.478 e. The smallest absolute Gasteiger partial charge is 0.257 e. The lowest BCUT2D eigenvalue weighted by Gasteiger charge is -2.10. The van der Waals surface area contributed by atoms with Crippen molar-refractivity contribution in [3.8, 4) is 5.88 Å². The highest BCUT2D eigenvalue weighted by Crippen LogP contribution is 2.17. The standard InChI is InChI=1S/C15H18N4O2/c1-3-17-13-10-16-8-7-12(13)15(20)19-11-5-6-14(18-9-11)21-4-2/h5-10,17H,3-4H2,1-2H3,(H,19,20). The highest BCUT2D eigenvalue weighted by Gasteiger charge is 2.11. The van der Waals surface area contributed by atoms with E-state index in [0.29, 0.717) is 29.4 Å². The van der Waals surface area contributed by atoms with Crippen LogP contribution in [0.3, 0.4) is 0 Å². The third-order valence-electron chi connectivity index (χ3n) is 2.72. The molecule has 6 nitrogen and oxygen atoms in total. The first-order valence-corrected chi connectivity index (χ1v) is 6.82. The predicted octanol–water partition coefficient (Wildman–Crippen LogP) is 2.56. The molecule has 2 aromatic heterocycles. The summed E-state index contributed by atoms with van der Waals surface area (Å²) in [7, 11) is 0. The van der Waals surface area contributed by atoms with Crippen molar-refractivity contribution in [2.24, 2.45) is 0 Å². The Hall–Kier alpha value is -2.63. The lowest BCUT2D eigenvalue weighted by Crippen LogP contribution is -2.15. The summed E-state index contributed by atoms with van der Waals surface area (Å²) in [4.78, 5) is 20.4. The first kappa shape index (κ1) is 14.8. The SMILES string of the molecule is CCNc1cnccc1C(=O)Nc1ccc(OCC)nc1. The van der Waals surface area contributed by atoms with Crippen molar-refractivity contribution in [1.29, 1.82) is 0 Å². The van der Waals surface area contributed by atoms with Gasteiger partial charge in [-0.15, -0.1) is 0 Å². The zero-order valence-corrected chi connectivity index (χ0v) is 12.1. The van der Waals surface area contributed by atoms with Crippen molar-refractivity contribution in [3.63, 3.8) is 0 Å². The largest absolute Gasteiger partial charge is 0.478 e. The summed E-state index contributed by atoms with van der Waals surface area (Å²) in [6, 6.07) is 5.15. The van der Waals surface area contributed by atoms with E-state index in [0.717, 1.165) is 6.54 Å². The molecule has 0 aliphatic carbocycles. The van der Waals surface area contributed by atoms with Crippen molar-refractivity contribution in [2.45, 2.75) is 13.8 Å². The van der Waals surface area contributed by atoms with Gasteiger partial charge < -0.3 is 15.4 Å². The number of aromatic nitrogens is 2. The molecule has 0 aromatic carbocycles. The second kappa shape index (κ2) is 7.23. The van der Waals surface area contributed by atoms with Crippen LogP contribution >= 0.6 is 0 Å². The van der Waals surface area contributed by atoms with Crippen LogP contribution in [-0.2, 0) is 0 Å². The van der Waals surface area contributed by atoms with Gasteiger partial charge in [0.05, 0.1) is 35.9 Å². The van der Waals surface area contributed by atoms with Crippen LogP contribution in [-0.4, -0.2) is 29.0 Å². The molecule has 2 heterocycles. The number of pyridine rings is 2. The number of amides is 1. The summed E-state index contributed by atoms with van der Waals surface area (Å²) in [5.74, 6) is 0.326. The van der Waals surface area contributed by atoms with E-state index in [4.69, 9.17) is 4.74 Å². The number of rotatable bonds is 6. The summed E-state index contributed by atoms with van der Waals surface area (Å²) in [6.07, 6.45) is 4.79. The third-order valence-corrected chi connectivity index (χ3v) is 2.72. The first-order chi connectivity index (χ1) is 10.2. The Labute approximate surface area is 123 Å². The van der Waals surface area contributed by atoms with Crippen LogP contribution in [0.25, 0.3) is 0 Å². The van der Waals surface area contributed by atoms with E-state index >= 15 is 0 Å². The van der Waals surface area contributed by atoms with Gasteiger partial charge in [0.2, 0.25) is 5.88 Å². The van der Waals surface area contributed by atoms with Gasteiger partial charge in [-0.05, 0) is 26.0 Å². The molecule has 0 unspecified atom stereocenters. The van der Waals surface area contributed by atoms with Crippen LogP contribution < -0.4 is 15.4 Å². The molecule has 1 amide bonds. The van der Waals surface area contributed by atoms with E-state index in [1.54, 1.807) is 36.8 Å². The second-order valence-electron chi connectivity index (χ2n) is 4.22. The number of ether oxygens (including phenoxy) is 1. The average Bonchev–Trinajstić information content (AvgIpc) is 2.50. The molecule has 0 bridgehead atoms. The van der Waals surface area contributed by atoms with Gasteiger partial charge in [0.15, 0.2) is 0 Å². The number of anilines is 2. The summed E-state index contributed by atoms with van der Waals surface area (Å²) in [6.45, 7) is 5.13. The molecule has 2 N–H and O–H groups in total. The summed E-state index contributed by atoms with van der Waals surface area (Å²) < 4.78 is 5.26. The van der Waals surface area contributed by atoms with Crippen molar-refractivity contribution in [2.75, 3.05) is 23.8 Å². The Balaban J connectivity index is 2.10. The monoisotopic (exact) mass is 286 g/mol. The Kier molecular flexibility index (Phi) is 5.09. The van der Waals surface area contributed by atoms with E-state index in [9.17, 15) is 4.79 Å². The zero-order chi connectivity index (χ0) is 15.1. The van der Waals surface area contributed by atoms with Crippen LogP contribution in [0.2, 0.25) is 0 Å². The van der Waals surface area contributed by atoms with Gasteiger partial charge in [0.25, 0.3) is 5.91 Å². The van der Waals surface area contributed by atoms with Crippen molar-refractivity contribution in [1.82, 2.24) is 9.97 Å². The molecule has 21 heavy (non-hydrogen) atoms. The average molecular weight is 286 g/mol. The molecule has 0 aliphatic rings. The highest BCUT2D eigenvalue weighted by molar-refractivity contribution is 6.07. The Morgan fingerprint density at radius 3 is 2.76 bits per heavy atom. The van der Waals surface area contributed by atoms with Crippen molar-refractivity contribution in [3.05, 3.63) is 42.4 Å². The summed E-state index contributed by atoms with van der Waals surface area (Å²) >= 11 is 0. The molecule has 0 fully saturated rings. The zero-order valence-electron chi connectivity index (χ0n) is 12.1. The van der Waals surface area contributed by atoms with Gasteiger partial charge in [-0.25, -0.2) is 4.98 Å². The van der Waals surface area contributed by atoms with Crippen LogP contribution in [0.5, 0.6) is 5.88 Å². The minimum absolute atomic E-state index is 0.209. The normalized spacial score (nSPS) is 10.0. The molecular formula is C15H18N4O2. The predicted molar refractivity (Wildman–Crippen MR) is 81.8 cm³/mol. The summed E-state index contributed by atoms with van der Waals surface area (Å²) in [5, 5.41) is 5.91. The maximum absolute atomic E-state index is 12.3. The number of hydrogen-bond donors (Lipinski definition) is 2. The topological polar surface area (TPSA) is 76.1 Å². The number of carbonyl (C=O) groups is 1. The maximum Gasteiger partial charge on any atom is 0.257 e. The molecule has 2 aromatic rings. The lowest BCUT2D eigenvalue weighted by atomic mass is 10.2. The molecule has 0 aliphatic heterocycles. The molecule has 0 radical (unpaired) electrons. The highest BCUT2D eigenvalue weighted by atomic mass is 16.5. The van der Waals surface area contributed by atoms with E-state index in [2.05, 4.69) is 20.6 Å². The summed E-state index contributed by atoms with van der Waals surface area (Å²) in [5.41, 5.74) is 1.86. The van der Waals surface area contributed by atoms with Gasteiger partial charge in [-0.1, -0.05) is 0 Å². The first-order valence-electron chi connectivity index (χ1n) is 6.82. The minimum atomic E-state index is -0.209. The van der Waals surface area contributed by atoms with Gasteiger partial charge in [-0.3, -0.25) is 9.78 Å². The van der Waals surface area contributed by atoms with Crippen LogP contribution in [0.4, 0.5) is 11.4 Å². The van der Waals surface area contributed by atoms with E-state index in [1.165, 1.54) is 0 Å². The van der Waals surface area contributed by atoms with Crippen LogP contribution in [0.1, 0.15) is 24.2 Å². The van der Waals surface area contributed by atoms with Gasteiger partial charge >= 0.3 is 0 Å². The van der Waals surface area contributed by atoms with E-state index < -0.39 is 0 Å². The Morgan fingerprint density at radius 1 is 1.24 bits per heavy atom. The molecule has 0 saturated carbocycles. The van der Waals surface area contributed by atoms with E-state index in [-0.39, 0.29) is 5.91 Å². The second-order valence-corrected chi connectivity index (χ2v) is 4.22. The quantitative estimate of drug-likeness (QED) is 0.853. The van der Waals surface area contributed by atoms with Gasteiger partial charge in [0.1, 0.15) is 0 Å². The van der Waals surface area contributed by atoms with Crippen LogP contribution in [0, 0.1) is 0 Å². The van der Waals surface area contributed by atoms with Crippen molar-refractivity contribution < 1.29 is 9.53 Å². The fourth-order valence-corrected chi connectivity index (χ4v) is 1.81. The number of hydrogen-bond acceptors (Lipinski definition) is 5. The molecule has 2 rings (SSSR count). The molecule has 0 atom stereocenters. The van der Waals surface area contributed by atoms with Crippen molar-refractivity contribution >= 4 is 17.3 Å². The third kappa shape index (κ3) is 3.92. The molecule has 0 saturated heterocycles. The van der Waals surface area contributed by atoms with Crippen LogP contribution in [0.15, 0.2) is 36.8 Å². The van der Waals surface area contributed by atoms with Gasteiger partial charge in [-0.2, -0.15) is 0 Å². The number of carbonyl (C=O) groups excluding carboxylic acids is 1. The molecular weight excluding hydrogens is 268 g/mol. The van der Waals surface area contributed by atoms with E-state index in [1.807, 2.05) is 13.8 Å².